The predicted molar refractivity (Wildman–Crippen MR) is 80.4 cm³/mol. The van der Waals surface area contributed by atoms with Crippen molar-refractivity contribution in [3.05, 3.63) is 29.8 Å². The molecule has 1 fully saturated rings. The van der Waals surface area contributed by atoms with Crippen molar-refractivity contribution in [1.82, 2.24) is 5.32 Å². The molecule has 1 amide bonds. The monoisotopic (exact) mass is 276 g/mol. The average molecular weight is 276 g/mol. The number of ether oxygens (including phenoxy) is 1. The summed E-state index contributed by atoms with van der Waals surface area (Å²) < 4.78 is 5.64. The van der Waals surface area contributed by atoms with Gasteiger partial charge in [-0.15, -0.1) is 0 Å². The third kappa shape index (κ3) is 5.21. The average Bonchev–Trinajstić information content (AvgIpc) is 2.48. The van der Waals surface area contributed by atoms with Gasteiger partial charge in [0, 0.05) is 25.3 Å². The van der Waals surface area contributed by atoms with E-state index in [1.807, 2.05) is 24.3 Å². The third-order valence-corrected chi connectivity index (χ3v) is 3.68. The largest absolute Gasteiger partial charge is 0.399 e. The highest BCUT2D eigenvalue weighted by atomic mass is 16.5. The molecule has 110 valence electrons. The fourth-order valence-corrected chi connectivity index (χ4v) is 2.44. The number of benzene rings is 1. The van der Waals surface area contributed by atoms with Gasteiger partial charge in [-0.2, -0.15) is 0 Å². The van der Waals surface area contributed by atoms with Crippen LogP contribution in [0, 0.1) is 0 Å². The van der Waals surface area contributed by atoms with Crippen molar-refractivity contribution in [2.45, 2.75) is 44.6 Å². The summed E-state index contributed by atoms with van der Waals surface area (Å²) in [5.41, 5.74) is 7.53. The predicted octanol–water partition coefficient (Wildman–Crippen LogP) is 2.28. The second kappa shape index (κ2) is 7.90. The molecule has 4 heteroatoms. The molecule has 2 rings (SSSR count). The van der Waals surface area contributed by atoms with Crippen LogP contribution >= 0.6 is 0 Å². The Morgan fingerprint density at radius 2 is 2.10 bits per heavy atom. The third-order valence-electron chi connectivity index (χ3n) is 3.68. The summed E-state index contributed by atoms with van der Waals surface area (Å²) >= 11 is 0. The number of anilines is 1. The van der Waals surface area contributed by atoms with Gasteiger partial charge in [0.05, 0.1) is 6.10 Å². The van der Waals surface area contributed by atoms with Gasteiger partial charge in [0.2, 0.25) is 5.91 Å². The molecule has 0 spiro atoms. The van der Waals surface area contributed by atoms with E-state index in [-0.39, 0.29) is 5.91 Å². The Hall–Kier alpha value is -1.55. The molecule has 20 heavy (non-hydrogen) atoms. The Bertz CT molecular complexity index is 411. The molecule has 1 aromatic rings. The molecule has 1 atom stereocenters. The summed E-state index contributed by atoms with van der Waals surface area (Å²) in [4.78, 5) is 11.7. The molecule has 4 nitrogen and oxygen atoms in total. The number of amides is 1. The van der Waals surface area contributed by atoms with E-state index in [0.717, 1.165) is 37.1 Å². The van der Waals surface area contributed by atoms with Crippen molar-refractivity contribution in [2.24, 2.45) is 0 Å². The topological polar surface area (TPSA) is 64.4 Å². The number of nitrogen functional groups attached to an aromatic ring is 1. The smallest absolute Gasteiger partial charge is 0.220 e. The zero-order valence-corrected chi connectivity index (χ0v) is 11.9. The molecule has 0 saturated carbocycles. The lowest BCUT2D eigenvalue weighted by molar-refractivity contribution is -0.121. The van der Waals surface area contributed by atoms with Crippen LogP contribution in [0.4, 0.5) is 5.69 Å². The Morgan fingerprint density at radius 1 is 1.30 bits per heavy atom. The lowest BCUT2D eigenvalue weighted by atomic mass is 10.1. The maximum Gasteiger partial charge on any atom is 0.220 e. The van der Waals surface area contributed by atoms with Gasteiger partial charge in [-0.05, 0) is 49.8 Å². The van der Waals surface area contributed by atoms with Crippen molar-refractivity contribution in [3.63, 3.8) is 0 Å². The minimum Gasteiger partial charge on any atom is -0.399 e. The van der Waals surface area contributed by atoms with Crippen LogP contribution < -0.4 is 11.1 Å². The molecule has 1 aliphatic rings. The lowest BCUT2D eigenvalue weighted by Gasteiger charge is -2.22. The standard InChI is InChI=1S/C16H24N2O2/c17-14-7-4-13(5-8-14)6-9-16(19)18-11-10-15-3-1-2-12-20-15/h4-5,7-8,15H,1-3,6,9-12,17H2,(H,18,19). The van der Waals surface area contributed by atoms with Crippen LogP contribution in [0.3, 0.4) is 0 Å². The fourth-order valence-electron chi connectivity index (χ4n) is 2.44. The summed E-state index contributed by atoms with van der Waals surface area (Å²) in [5.74, 6) is 0.109. The first-order chi connectivity index (χ1) is 9.74. The van der Waals surface area contributed by atoms with Gasteiger partial charge >= 0.3 is 0 Å². The van der Waals surface area contributed by atoms with Gasteiger partial charge in [-0.25, -0.2) is 0 Å². The Morgan fingerprint density at radius 3 is 2.80 bits per heavy atom. The van der Waals surface area contributed by atoms with E-state index >= 15 is 0 Å². The van der Waals surface area contributed by atoms with E-state index in [9.17, 15) is 4.79 Å². The summed E-state index contributed by atoms with van der Waals surface area (Å²) in [7, 11) is 0. The van der Waals surface area contributed by atoms with Crippen LogP contribution in [-0.4, -0.2) is 25.2 Å². The number of hydrogen-bond donors (Lipinski definition) is 2. The van der Waals surface area contributed by atoms with Crippen LogP contribution in [0.5, 0.6) is 0 Å². The van der Waals surface area contributed by atoms with Gasteiger partial charge in [0.15, 0.2) is 0 Å². The highest BCUT2D eigenvalue weighted by Gasteiger charge is 2.13. The summed E-state index contributed by atoms with van der Waals surface area (Å²) in [5, 5.41) is 2.97. The van der Waals surface area contributed by atoms with Crippen LogP contribution in [-0.2, 0) is 16.0 Å². The molecule has 0 aliphatic carbocycles. The number of rotatable bonds is 6. The highest BCUT2D eigenvalue weighted by Crippen LogP contribution is 2.14. The van der Waals surface area contributed by atoms with Crippen LogP contribution in [0.15, 0.2) is 24.3 Å². The SMILES string of the molecule is Nc1ccc(CCC(=O)NCCC2CCCCO2)cc1. The van der Waals surface area contributed by atoms with E-state index in [0.29, 0.717) is 19.1 Å². The molecule has 1 heterocycles. The van der Waals surface area contributed by atoms with Gasteiger partial charge in [0.1, 0.15) is 0 Å². The summed E-state index contributed by atoms with van der Waals surface area (Å²) in [6, 6.07) is 7.68. The molecular formula is C16H24N2O2. The van der Waals surface area contributed by atoms with Gasteiger partial charge in [-0.3, -0.25) is 4.79 Å². The van der Waals surface area contributed by atoms with Gasteiger partial charge < -0.3 is 15.8 Å². The lowest BCUT2D eigenvalue weighted by Crippen LogP contribution is -2.29. The first-order valence-electron chi connectivity index (χ1n) is 7.47. The van der Waals surface area contributed by atoms with Crippen LogP contribution in [0.25, 0.3) is 0 Å². The minimum absolute atomic E-state index is 0.109. The second-order valence-electron chi connectivity index (χ2n) is 5.37. The maximum atomic E-state index is 11.7. The molecule has 1 aromatic carbocycles. The van der Waals surface area contributed by atoms with Gasteiger partial charge in [-0.1, -0.05) is 12.1 Å². The minimum atomic E-state index is 0.109. The van der Waals surface area contributed by atoms with E-state index in [2.05, 4.69) is 5.32 Å². The molecule has 3 N–H and O–H groups in total. The van der Waals surface area contributed by atoms with Crippen molar-refractivity contribution < 1.29 is 9.53 Å². The van der Waals surface area contributed by atoms with Crippen molar-refractivity contribution in [2.75, 3.05) is 18.9 Å². The van der Waals surface area contributed by atoms with E-state index in [1.54, 1.807) is 0 Å². The van der Waals surface area contributed by atoms with Gasteiger partial charge in [0.25, 0.3) is 0 Å². The quantitative estimate of drug-likeness (QED) is 0.783. The van der Waals surface area contributed by atoms with E-state index < -0.39 is 0 Å². The zero-order chi connectivity index (χ0) is 14.2. The number of aryl methyl sites for hydroxylation is 1. The zero-order valence-electron chi connectivity index (χ0n) is 11.9. The van der Waals surface area contributed by atoms with Crippen molar-refractivity contribution >= 4 is 11.6 Å². The van der Waals surface area contributed by atoms with Crippen LogP contribution in [0.2, 0.25) is 0 Å². The second-order valence-corrected chi connectivity index (χ2v) is 5.37. The molecule has 1 saturated heterocycles. The molecule has 0 bridgehead atoms. The Labute approximate surface area is 120 Å². The van der Waals surface area contributed by atoms with Crippen molar-refractivity contribution in [1.29, 1.82) is 0 Å². The summed E-state index contributed by atoms with van der Waals surface area (Å²) in [6.45, 7) is 1.58. The Balaban J connectivity index is 1.59. The molecule has 1 aliphatic heterocycles. The highest BCUT2D eigenvalue weighted by molar-refractivity contribution is 5.76. The first-order valence-corrected chi connectivity index (χ1v) is 7.47. The Kier molecular flexibility index (Phi) is 5.87. The van der Waals surface area contributed by atoms with E-state index in [4.69, 9.17) is 10.5 Å². The first kappa shape index (κ1) is 14.9. The fraction of sp³-hybridized carbons (Fsp3) is 0.562. The molecular weight excluding hydrogens is 252 g/mol. The number of nitrogens with two attached hydrogens (primary N) is 1. The van der Waals surface area contributed by atoms with Crippen molar-refractivity contribution in [3.8, 4) is 0 Å². The maximum absolute atomic E-state index is 11.7. The molecule has 1 unspecified atom stereocenters. The molecule has 0 aromatic heterocycles. The van der Waals surface area contributed by atoms with E-state index in [1.165, 1.54) is 12.8 Å². The number of nitrogens with one attached hydrogen (secondary N) is 1. The normalized spacial score (nSPS) is 18.7. The number of hydrogen-bond acceptors (Lipinski definition) is 3. The number of carbonyl (C=O) groups excluding carboxylic acids is 1. The number of carbonyl (C=O) groups is 1. The van der Waals surface area contributed by atoms with Crippen LogP contribution in [0.1, 0.15) is 37.7 Å². The molecule has 0 radical (unpaired) electrons. The summed E-state index contributed by atoms with van der Waals surface area (Å²) in [6.07, 6.45) is 6.08.